The fourth-order valence-electron chi connectivity index (χ4n) is 1.97. The number of ether oxygens (including phenoxy) is 1. The molecule has 0 aromatic heterocycles. The van der Waals surface area contributed by atoms with Gasteiger partial charge in [0.2, 0.25) is 0 Å². The van der Waals surface area contributed by atoms with Crippen molar-refractivity contribution in [2.75, 3.05) is 12.4 Å². The molecule has 2 rings (SSSR count). The highest BCUT2D eigenvalue weighted by atomic mass is 79.9. The summed E-state index contributed by atoms with van der Waals surface area (Å²) in [4.78, 5) is 12.4. The highest BCUT2D eigenvalue weighted by Gasteiger charge is 2.14. The van der Waals surface area contributed by atoms with E-state index >= 15 is 0 Å². The van der Waals surface area contributed by atoms with Crippen LogP contribution in [0.15, 0.2) is 46.9 Å². The molecule has 1 atom stereocenters. The molecule has 21 heavy (non-hydrogen) atoms. The third kappa shape index (κ3) is 3.62. The second kappa shape index (κ2) is 6.74. The molecule has 0 aliphatic heterocycles. The average molecular weight is 350 g/mol. The Morgan fingerprint density at radius 1 is 1.29 bits per heavy atom. The van der Waals surface area contributed by atoms with Crippen molar-refractivity contribution in [2.45, 2.75) is 13.0 Å². The van der Waals surface area contributed by atoms with Gasteiger partial charge in [0.1, 0.15) is 5.75 Å². The molecule has 0 aliphatic rings. The number of benzene rings is 2. The first kappa shape index (κ1) is 15.5. The summed E-state index contributed by atoms with van der Waals surface area (Å²) in [7, 11) is 1.55. The summed E-state index contributed by atoms with van der Waals surface area (Å²) in [6.45, 7) is 1.66. The van der Waals surface area contributed by atoms with Gasteiger partial charge in [-0.2, -0.15) is 0 Å². The number of aliphatic hydroxyl groups is 1. The third-order valence-corrected chi connectivity index (χ3v) is 3.77. The van der Waals surface area contributed by atoms with Gasteiger partial charge in [-0.3, -0.25) is 4.79 Å². The number of hydrogen-bond donors (Lipinski definition) is 2. The predicted octanol–water partition coefficient (Wildman–Crippen LogP) is 3.76. The number of para-hydroxylation sites is 1. The topological polar surface area (TPSA) is 58.6 Å². The number of rotatable bonds is 4. The lowest BCUT2D eigenvalue weighted by atomic mass is 10.1. The van der Waals surface area contributed by atoms with E-state index in [9.17, 15) is 9.90 Å². The van der Waals surface area contributed by atoms with E-state index < -0.39 is 6.10 Å². The van der Waals surface area contributed by atoms with Gasteiger partial charge >= 0.3 is 0 Å². The fourth-order valence-corrected chi connectivity index (χ4v) is 2.40. The van der Waals surface area contributed by atoms with Gasteiger partial charge in [0.15, 0.2) is 0 Å². The molecule has 1 unspecified atom stereocenters. The van der Waals surface area contributed by atoms with Crippen LogP contribution in [0, 0.1) is 0 Å². The maximum absolute atomic E-state index is 12.4. The van der Waals surface area contributed by atoms with Crippen LogP contribution in [0.2, 0.25) is 0 Å². The Hall–Kier alpha value is -1.85. The standard InChI is InChI=1S/C16H16BrNO3/c1-10(19)12-5-3-4-6-15(12)18-16(20)13-9-11(21-2)7-8-14(13)17/h3-10,19H,1-2H3,(H,18,20). The molecule has 5 heteroatoms. The first-order valence-electron chi connectivity index (χ1n) is 6.45. The number of carbonyl (C=O) groups is 1. The zero-order valence-electron chi connectivity index (χ0n) is 11.8. The number of carbonyl (C=O) groups excluding carboxylic acids is 1. The molecule has 0 spiro atoms. The molecule has 0 bridgehead atoms. The number of anilines is 1. The Kier molecular flexibility index (Phi) is 4.98. The van der Waals surface area contributed by atoms with E-state index in [0.29, 0.717) is 27.0 Å². The minimum atomic E-state index is -0.657. The van der Waals surface area contributed by atoms with Crippen LogP contribution in [0.1, 0.15) is 28.9 Å². The predicted molar refractivity (Wildman–Crippen MR) is 85.7 cm³/mol. The van der Waals surface area contributed by atoms with Gasteiger partial charge in [0.05, 0.1) is 18.8 Å². The van der Waals surface area contributed by atoms with Gasteiger partial charge < -0.3 is 15.2 Å². The molecule has 2 aromatic rings. The van der Waals surface area contributed by atoms with Crippen LogP contribution in [-0.4, -0.2) is 18.1 Å². The van der Waals surface area contributed by atoms with E-state index in [-0.39, 0.29) is 5.91 Å². The summed E-state index contributed by atoms with van der Waals surface area (Å²) in [6, 6.07) is 12.3. The largest absolute Gasteiger partial charge is 0.497 e. The van der Waals surface area contributed by atoms with Crippen LogP contribution < -0.4 is 10.1 Å². The lowest BCUT2D eigenvalue weighted by molar-refractivity contribution is 0.102. The molecular formula is C16H16BrNO3. The van der Waals surface area contributed by atoms with Crippen molar-refractivity contribution in [1.82, 2.24) is 0 Å². The number of hydrogen-bond acceptors (Lipinski definition) is 3. The second-order valence-electron chi connectivity index (χ2n) is 4.56. The van der Waals surface area contributed by atoms with Crippen LogP contribution in [0.25, 0.3) is 0 Å². The number of halogens is 1. The first-order valence-corrected chi connectivity index (χ1v) is 7.24. The van der Waals surface area contributed by atoms with E-state index in [1.165, 1.54) is 0 Å². The Bertz CT molecular complexity index is 656. The smallest absolute Gasteiger partial charge is 0.256 e. The van der Waals surface area contributed by atoms with Gasteiger partial charge in [0, 0.05) is 15.7 Å². The lowest BCUT2D eigenvalue weighted by Gasteiger charge is -2.14. The summed E-state index contributed by atoms with van der Waals surface area (Å²) in [6.07, 6.45) is -0.657. The highest BCUT2D eigenvalue weighted by molar-refractivity contribution is 9.10. The average Bonchev–Trinajstić information content (AvgIpc) is 2.48. The number of amides is 1. The molecule has 1 amide bonds. The van der Waals surface area contributed by atoms with E-state index in [4.69, 9.17) is 4.74 Å². The van der Waals surface area contributed by atoms with Crippen molar-refractivity contribution in [3.05, 3.63) is 58.1 Å². The minimum Gasteiger partial charge on any atom is -0.497 e. The van der Waals surface area contributed by atoms with Crippen LogP contribution in [0.4, 0.5) is 5.69 Å². The Morgan fingerprint density at radius 3 is 2.67 bits per heavy atom. The van der Waals surface area contributed by atoms with Crippen molar-refractivity contribution in [1.29, 1.82) is 0 Å². The lowest BCUT2D eigenvalue weighted by Crippen LogP contribution is -2.14. The summed E-state index contributed by atoms with van der Waals surface area (Å²) >= 11 is 3.36. The van der Waals surface area contributed by atoms with Gasteiger partial charge in [-0.15, -0.1) is 0 Å². The zero-order chi connectivity index (χ0) is 15.4. The maximum Gasteiger partial charge on any atom is 0.256 e. The Balaban J connectivity index is 2.30. The molecule has 0 saturated carbocycles. The summed E-state index contributed by atoms with van der Waals surface area (Å²) < 4.78 is 5.81. The molecule has 2 aromatic carbocycles. The van der Waals surface area contributed by atoms with Gasteiger partial charge in [-0.05, 0) is 47.1 Å². The van der Waals surface area contributed by atoms with Crippen molar-refractivity contribution in [3.63, 3.8) is 0 Å². The molecule has 110 valence electrons. The molecule has 2 N–H and O–H groups in total. The Morgan fingerprint density at radius 2 is 2.00 bits per heavy atom. The summed E-state index contributed by atoms with van der Waals surface area (Å²) in [5.74, 6) is 0.334. The van der Waals surface area contributed by atoms with E-state index in [1.54, 1.807) is 44.4 Å². The monoisotopic (exact) mass is 349 g/mol. The Labute approximate surface area is 131 Å². The fraction of sp³-hybridized carbons (Fsp3) is 0.188. The summed E-state index contributed by atoms with van der Waals surface area (Å²) in [5.41, 5.74) is 1.73. The van der Waals surface area contributed by atoms with Crippen molar-refractivity contribution >= 4 is 27.5 Å². The van der Waals surface area contributed by atoms with Crippen LogP contribution in [0.3, 0.4) is 0 Å². The number of nitrogens with one attached hydrogen (secondary N) is 1. The molecule has 0 aliphatic carbocycles. The van der Waals surface area contributed by atoms with E-state index in [1.807, 2.05) is 12.1 Å². The molecule has 0 fully saturated rings. The molecule has 0 saturated heterocycles. The number of aliphatic hydroxyl groups excluding tert-OH is 1. The van der Waals surface area contributed by atoms with Crippen molar-refractivity contribution in [2.24, 2.45) is 0 Å². The SMILES string of the molecule is COc1ccc(Br)c(C(=O)Nc2ccccc2C(C)O)c1. The highest BCUT2D eigenvalue weighted by Crippen LogP contribution is 2.26. The van der Waals surface area contributed by atoms with Crippen molar-refractivity contribution in [3.8, 4) is 5.75 Å². The van der Waals surface area contributed by atoms with E-state index in [2.05, 4.69) is 21.2 Å². The first-order chi connectivity index (χ1) is 10.0. The van der Waals surface area contributed by atoms with Gasteiger partial charge in [-0.1, -0.05) is 18.2 Å². The third-order valence-electron chi connectivity index (χ3n) is 3.08. The van der Waals surface area contributed by atoms with Crippen LogP contribution >= 0.6 is 15.9 Å². The molecule has 4 nitrogen and oxygen atoms in total. The second-order valence-corrected chi connectivity index (χ2v) is 5.42. The quantitative estimate of drug-likeness (QED) is 0.883. The van der Waals surface area contributed by atoms with Crippen LogP contribution in [0.5, 0.6) is 5.75 Å². The minimum absolute atomic E-state index is 0.270. The maximum atomic E-state index is 12.4. The zero-order valence-corrected chi connectivity index (χ0v) is 13.3. The molecular weight excluding hydrogens is 334 g/mol. The van der Waals surface area contributed by atoms with Gasteiger partial charge in [-0.25, -0.2) is 0 Å². The molecule has 0 heterocycles. The molecule has 0 radical (unpaired) electrons. The number of methoxy groups -OCH3 is 1. The van der Waals surface area contributed by atoms with Crippen molar-refractivity contribution < 1.29 is 14.6 Å². The normalized spacial score (nSPS) is 11.8. The van der Waals surface area contributed by atoms with E-state index in [0.717, 1.165) is 0 Å². The summed E-state index contributed by atoms with van der Waals surface area (Å²) in [5, 5.41) is 12.6. The van der Waals surface area contributed by atoms with Gasteiger partial charge in [0.25, 0.3) is 5.91 Å². The van der Waals surface area contributed by atoms with Crippen LogP contribution in [-0.2, 0) is 0 Å².